The van der Waals surface area contributed by atoms with Crippen LogP contribution in [0.15, 0.2) is 0 Å². The molecule has 1 amide bonds. The van der Waals surface area contributed by atoms with Crippen molar-refractivity contribution in [3.8, 4) is 0 Å². The van der Waals surface area contributed by atoms with E-state index in [1.54, 1.807) is 0 Å². The highest BCUT2D eigenvalue weighted by atomic mass is 19.1. The van der Waals surface area contributed by atoms with Crippen molar-refractivity contribution in [2.75, 3.05) is 6.54 Å². The van der Waals surface area contributed by atoms with E-state index in [1.165, 1.54) is 0 Å². The van der Waals surface area contributed by atoms with Crippen molar-refractivity contribution in [1.29, 1.82) is 0 Å². The summed E-state index contributed by atoms with van der Waals surface area (Å²) in [5.41, 5.74) is 0. The molecule has 2 unspecified atom stereocenters. The Balaban J connectivity index is 2.53. The second-order valence-electron chi connectivity index (χ2n) is 2.83. The standard InChI is InChI=1S/C7H10FNO3/c8-6-3-5(4-10)1-2-9(6)7(11)12/h4-6H,1-3H2,(H,11,12). The molecule has 1 aliphatic heterocycles. The van der Waals surface area contributed by atoms with Gasteiger partial charge in [-0.2, -0.15) is 0 Å². The molecule has 0 aliphatic carbocycles. The summed E-state index contributed by atoms with van der Waals surface area (Å²) >= 11 is 0. The Morgan fingerprint density at radius 3 is 2.75 bits per heavy atom. The average molecular weight is 175 g/mol. The van der Waals surface area contributed by atoms with Crippen molar-refractivity contribution in [3.63, 3.8) is 0 Å². The van der Waals surface area contributed by atoms with E-state index < -0.39 is 12.4 Å². The Morgan fingerprint density at radius 2 is 2.33 bits per heavy atom. The summed E-state index contributed by atoms with van der Waals surface area (Å²) in [7, 11) is 0. The number of alkyl halides is 1. The van der Waals surface area contributed by atoms with Crippen LogP contribution < -0.4 is 0 Å². The molecule has 4 nitrogen and oxygen atoms in total. The van der Waals surface area contributed by atoms with Crippen molar-refractivity contribution < 1.29 is 19.1 Å². The number of rotatable bonds is 1. The van der Waals surface area contributed by atoms with E-state index >= 15 is 0 Å². The van der Waals surface area contributed by atoms with Crippen LogP contribution in [-0.4, -0.2) is 35.2 Å². The lowest BCUT2D eigenvalue weighted by Crippen LogP contribution is -2.43. The van der Waals surface area contributed by atoms with Gasteiger partial charge in [0.15, 0.2) is 6.30 Å². The van der Waals surface area contributed by atoms with Crippen LogP contribution in [0, 0.1) is 5.92 Å². The van der Waals surface area contributed by atoms with Crippen LogP contribution in [0.25, 0.3) is 0 Å². The fourth-order valence-electron chi connectivity index (χ4n) is 1.28. The maximum absolute atomic E-state index is 12.9. The minimum atomic E-state index is -1.52. The van der Waals surface area contributed by atoms with Crippen molar-refractivity contribution in [2.45, 2.75) is 19.1 Å². The number of halogens is 1. The first-order chi connectivity index (χ1) is 5.65. The van der Waals surface area contributed by atoms with Gasteiger partial charge in [-0.3, -0.25) is 4.90 Å². The molecule has 0 spiro atoms. The highest BCUT2D eigenvalue weighted by Gasteiger charge is 2.30. The molecule has 68 valence electrons. The Bertz CT molecular complexity index is 197. The number of carbonyl (C=O) groups is 2. The first kappa shape index (κ1) is 8.96. The monoisotopic (exact) mass is 175 g/mol. The van der Waals surface area contributed by atoms with E-state index in [0.717, 1.165) is 4.90 Å². The zero-order valence-corrected chi connectivity index (χ0v) is 6.44. The number of carbonyl (C=O) groups excluding carboxylic acids is 1. The summed E-state index contributed by atoms with van der Waals surface area (Å²) in [4.78, 5) is 21.3. The van der Waals surface area contributed by atoms with Crippen molar-refractivity contribution in [1.82, 2.24) is 4.90 Å². The summed E-state index contributed by atoms with van der Waals surface area (Å²) in [6.45, 7) is 0.111. The van der Waals surface area contributed by atoms with Gasteiger partial charge in [-0.25, -0.2) is 9.18 Å². The SMILES string of the molecule is O=CC1CCN(C(=O)O)C(F)C1. The molecule has 0 bridgehead atoms. The van der Waals surface area contributed by atoms with Crippen LogP contribution in [-0.2, 0) is 4.79 Å². The molecule has 1 fully saturated rings. The minimum Gasteiger partial charge on any atom is -0.465 e. The van der Waals surface area contributed by atoms with E-state index in [9.17, 15) is 14.0 Å². The number of piperidine rings is 1. The van der Waals surface area contributed by atoms with Crippen LogP contribution in [0.4, 0.5) is 9.18 Å². The first-order valence-electron chi connectivity index (χ1n) is 3.74. The van der Waals surface area contributed by atoms with E-state index in [-0.39, 0.29) is 18.9 Å². The maximum atomic E-state index is 12.9. The number of likely N-dealkylation sites (tertiary alicyclic amines) is 1. The van der Waals surface area contributed by atoms with E-state index in [2.05, 4.69) is 0 Å². The summed E-state index contributed by atoms with van der Waals surface area (Å²) in [5, 5.41) is 8.47. The summed E-state index contributed by atoms with van der Waals surface area (Å²) in [5.74, 6) is -0.324. The molecule has 0 radical (unpaired) electrons. The molecular formula is C7H10FNO3. The van der Waals surface area contributed by atoms with Crippen LogP contribution in [0.1, 0.15) is 12.8 Å². The van der Waals surface area contributed by atoms with Crippen LogP contribution in [0.3, 0.4) is 0 Å². The second-order valence-corrected chi connectivity index (χ2v) is 2.83. The van der Waals surface area contributed by atoms with Gasteiger partial charge in [-0.1, -0.05) is 0 Å². The minimum absolute atomic E-state index is 0.00417. The van der Waals surface area contributed by atoms with Gasteiger partial charge in [0.25, 0.3) is 0 Å². The molecule has 1 saturated heterocycles. The van der Waals surface area contributed by atoms with Gasteiger partial charge in [-0.05, 0) is 6.42 Å². The van der Waals surface area contributed by atoms with E-state index in [4.69, 9.17) is 5.11 Å². The van der Waals surface area contributed by atoms with Crippen molar-refractivity contribution >= 4 is 12.4 Å². The molecule has 1 heterocycles. The Labute approximate surface area is 69.0 Å². The van der Waals surface area contributed by atoms with Gasteiger partial charge < -0.3 is 9.90 Å². The largest absolute Gasteiger partial charge is 0.465 e. The molecule has 1 N–H and O–H groups in total. The number of amides is 1. The molecule has 1 aliphatic rings. The number of hydrogen-bond acceptors (Lipinski definition) is 2. The third kappa shape index (κ3) is 1.72. The number of aldehydes is 1. The smallest absolute Gasteiger partial charge is 0.409 e. The predicted molar refractivity (Wildman–Crippen MR) is 38.4 cm³/mol. The van der Waals surface area contributed by atoms with Gasteiger partial charge in [0.2, 0.25) is 0 Å². The highest BCUT2D eigenvalue weighted by Crippen LogP contribution is 2.21. The molecule has 0 aromatic rings. The quantitative estimate of drug-likeness (QED) is 0.475. The van der Waals surface area contributed by atoms with Gasteiger partial charge in [-0.15, -0.1) is 0 Å². The highest BCUT2D eigenvalue weighted by molar-refractivity contribution is 5.66. The molecule has 0 aromatic heterocycles. The Hall–Kier alpha value is -1.13. The summed E-state index contributed by atoms with van der Waals surface area (Å²) in [6.07, 6.45) is -1.67. The number of nitrogens with zero attached hydrogens (tertiary/aromatic N) is 1. The number of carboxylic acid groups (broad SMARTS) is 1. The Kier molecular flexibility index (Phi) is 2.62. The lowest BCUT2D eigenvalue weighted by Gasteiger charge is -2.30. The van der Waals surface area contributed by atoms with Gasteiger partial charge >= 0.3 is 6.09 Å². The number of hydrogen-bond donors (Lipinski definition) is 1. The lowest BCUT2D eigenvalue weighted by molar-refractivity contribution is -0.114. The maximum Gasteiger partial charge on any atom is 0.409 e. The average Bonchev–Trinajstić information content (AvgIpc) is 2.03. The predicted octanol–water partition coefficient (Wildman–Crippen LogP) is 0.871. The fourth-order valence-corrected chi connectivity index (χ4v) is 1.28. The van der Waals surface area contributed by atoms with Crippen LogP contribution in [0.5, 0.6) is 0 Å². The van der Waals surface area contributed by atoms with E-state index in [1.807, 2.05) is 0 Å². The molecular weight excluding hydrogens is 165 g/mol. The fraction of sp³-hybridized carbons (Fsp3) is 0.714. The molecule has 2 atom stereocenters. The molecule has 5 heteroatoms. The molecule has 0 saturated carbocycles. The summed E-state index contributed by atoms with van der Waals surface area (Å²) in [6, 6.07) is 0. The van der Waals surface area contributed by atoms with Gasteiger partial charge in [0, 0.05) is 18.9 Å². The third-order valence-electron chi connectivity index (χ3n) is 2.01. The van der Waals surface area contributed by atoms with Crippen molar-refractivity contribution in [3.05, 3.63) is 0 Å². The first-order valence-corrected chi connectivity index (χ1v) is 3.74. The van der Waals surface area contributed by atoms with Gasteiger partial charge in [0.1, 0.15) is 6.29 Å². The summed E-state index contributed by atoms with van der Waals surface area (Å²) < 4.78 is 12.9. The molecule has 12 heavy (non-hydrogen) atoms. The van der Waals surface area contributed by atoms with Crippen LogP contribution in [0.2, 0.25) is 0 Å². The topological polar surface area (TPSA) is 57.6 Å². The lowest BCUT2D eigenvalue weighted by atomic mass is 9.98. The van der Waals surface area contributed by atoms with E-state index in [0.29, 0.717) is 12.7 Å². The third-order valence-corrected chi connectivity index (χ3v) is 2.01. The normalized spacial score (nSPS) is 29.9. The molecule has 1 rings (SSSR count). The second kappa shape index (κ2) is 3.51. The Morgan fingerprint density at radius 1 is 1.67 bits per heavy atom. The van der Waals surface area contributed by atoms with Crippen molar-refractivity contribution in [2.24, 2.45) is 5.92 Å². The molecule has 0 aromatic carbocycles. The zero-order chi connectivity index (χ0) is 9.14. The zero-order valence-electron chi connectivity index (χ0n) is 6.44. The van der Waals surface area contributed by atoms with Crippen LogP contribution >= 0.6 is 0 Å². The van der Waals surface area contributed by atoms with Gasteiger partial charge in [0.05, 0.1) is 0 Å².